The number of hydrogen-bond acceptors (Lipinski definition) is 15. The summed E-state index contributed by atoms with van der Waals surface area (Å²) in [5, 5.41) is 10.6. The topological polar surface area (TPSA) is 237 Å². The molecule has 3 N–H and O–H groups in total. The molecule has 0 aliphatic rings. The lowest BCUT2D eigenvalue weighted by atomic mass is 9.99. The first-order valence-corrected chi connectivity index (χ1v) is 42.7. The summed E-state index contributed by atoms with van der Waals surface area (Å²) in [6, 6.07) is 0. The van der Waals surface area contributed by atoms with E-state index in [2.05, 4.69) is 34.6 Å². The lowest BCUT2D eigenvalue weighted by molar-refractivity contribution is -0.161. The average molecular weight is 1400 g/mol. The van der Waals surface area contributed by atoms with E-state index < -0.39 is 97.5 Å². The van der Waals surface area contributed by atoms with E-state index in [-0.39, 0.29) is 25.7 Å². The monoisotopic (exact) mass is 1400 g/mol. The standard InChI is InChI=1S/C76H148O17P2/c1-6-10-13-16-18-20-22-24-26-27-28-29-30-31-33-35-37-42-46-51-56-61-76(81)93-72(66-87-74(79)60-55-50-45-41-36-34-32-25-23-21-19-17-14-11-7-2)68-91-95(84,85)89-64-70(77)63-88-94(82,83)90-67-71(65-86-73(78)59-54-48-15-12-8-3)92-75(80)62-57-52-47-43-39-38-40-44-49-53-58-69(5)9-4/h69-72,77H,6-68H2,1-5H3,(H,82,83)(H,84,85)/t69?,70-,71+,72+/m0/s1. The molecule has 0 aliphatic heterocycles. The zero-order valence-electron chi connectivity index (χ0n) is 61.8. The fourth-order valence-electron chi connectivity index (χ4n) is 11.7. The molecule has 0 aromatic rings. The van der Waals surface area contributed by atoms with Crippen molar-refractivity contribution in [2.45, 2.75) is 419 Å². The molecule has 0 radical (unpaired) electrons. The summed E-state index contributed by atoms with van der Waals surface area (Å²) < 4.78 is 68.3. The highest BCUT2D eigenvalue weighted by Crippen LogP contribution is 2.45. The highest BCUT2D eigenvalue weighted by Gasteiger charge is 2.30. The summed E-state index contributed by atoms with van der Waals surface area (Å²) in [7, 11) is -9.90. The summed E-state index contributed by atoms with van der Waals surface area (Å²) in [6.07, 6.45) is 58.7. The van der Waals surface area contributed by atoms with Gasteiger partial charge in [-0.3, -0.25) is 37.3 Å². The van der Waals surface area contributed by atoms with Gasteiger partial charge in [0.25, 0.3) is 0 Å². The minimum Gasteiger partial charge on any atom is -0.462 e. The molecule has 0 rings (SSSR count). The Hall–Kier alpha value is -1.94. The van der Waals surface area contributed by atoms with Crippen LogP contribution in [0, 0.1) is 5.92 Å². The normalized spacial score (nSPS) is 14.2. The number of rotatable bonds is 76. The molecule has 0 aromatic heterocycles. The SMILES string of the molecule is CCCCCCCCCCCCCCCCCCCCCCCC(=O)O[C@H](COC(=O)CCCCCCCCCCCCCCCCC)COP(=O)(O)OC[C@@H](O)COP(=O)(O)OC[C@@H](COC(=O)CCCCCCC)OC(=O)CCCCCCCCCCCCC(C)CC. The summed E-state index contributed by atoms with van der Waals surface area (Å²) in [5.74, 6) is -1.32. The van der Waals surface area contributed by atoms with Gasteiger partial charge in [-0.2, -0.15) is 0 Å². The van der Waals surface area contributed by atoms with Gasteiger partial charge < -0.3 is 33.8 Å². The number of aliphatic hydroxyl groups excluding tert-OH is 1. The first kappa shape index (κ1) is 93.1. The number of unbranched alkanes of at least 4 members (excludes halogenated alkanes) is 47. The van der Waals surface area contributed by atoms with Crippen LogP contribution < -0.4 is 0 Å². The predicted molar refractivity (Wildman–Crippen MR) is 386 cm³/mol. The van der Waals surface area contributed by atoms with Crippen molar-refractivity contribution >= 4 is 39.5 Å². The number of esters is 4. The zero-order valence-corrected chi connectivity index (χ0v) is 63.6. The number of hydrogen-bond donors (Lipinski definition) is 3. The molecule has 0 amide bonds. The molecule has 3 unspecified atom stereocenters. The smallest absolute Gasteiger partial charge is 0.462 e. The first-order chi connectivity index (χ1) is 46.1. The Bertz CT molecular complexity index is 1820. The van der Waals surface area contributed by atoms with Crippen LogP contribution in [0.2, 0.25) is 0 Å². The van der Waals surface area contributed by atoms with Crippen LogP contribution in [0.15, 0.2) is 0 Å². The Kier molecular flexibility index (Phi) is 67.7. The molecule has 95 heavy (non-hydrogen) atoms. The fourth-order valence-corrected chi connectivity index (χ4v) is 13.3. The molecule has 0 bridgehead atoms. The largest absolute Gasteiger partial charge is 0.472 e. The van der Waals surface area contributed by atoms with Crippen molar-refractivity contribution in [3.63, 3.8) is 0 Å². The van der Waals surface area contributed by atoms with Crippen LogP contribution in [-0.4, -0.2) is 96.7 Å². The van der Waals surface area contributed by atoms with Crippen molar-refractivity contribution in [1.29, 1.82) is 0 Å². The molecular formula is C76H148O17P2. The van der Waals surface area contributed by atoms with E-state index in [0.717, 1.165) is 102 Å². The lowest BCUT2D eigenvalue weighted by Crippen LogP contribution is -2.30. The molecule has 6 atom stereocenters. The highest BCUT2D eigenvalue weighted by atomic mass is 31.2. The van der Waals surface area contributed by atoms with Gasteiger partial charge in [0.05, 0.1) is 26.4 Å². The van der Waals surface area contributed by atoms with Crippen LogP contribution in [0.5, 0.6) is 0 Å². The van der Waals surface area contributed by atoms with Crippen molar-refractivity contribution in [2.24, 2.45) is 5.92 Å². The molecule has 0 saturated carbocycles. The fraction of sp³-hybridized carbons (Fsp3) is 0.947. The third-order valence-electron chi connectivity index (χ3n) is 18.1. The van der Waals surface area contributed by atoms with Crippen LogP contribution in [-0.2, 0) is 65.4 Å². The molecule has 0 aromatic carbocycles. The number of ether oxygens (including phenoxy) is 4. The maximum atomic E-state index is 13.1. The van der Waals surface area contributed by atoms with E-state index in [9.17, 15) is 43.2 Å². The molecule has 0 aliphatic carbocycles. The van der Waals surface area contributed by atoms with Crippen molar-refractivity contribution in [1.82, 2.24) is 0 Å². The Balaban J connectivity index is 5.12. The highest BCUT2D eigenvalue weighted by molar-refractivity contribution is 7.47. The zero-order chi connectivity index (χ0) is 69.8. The molecule has 564 valence electrons. The number of phosphoric ester groups is 2. The van der Waals surface area contributed by atoms with Gasteiger partial charge in [0.1, 0.15) is 19.3 Å². The van der Waals surface area contributed by atoms with Crippen LogP contribution in [0.25, 0.3) is 0 Å². The Morgan fingerprint density at radius 2 is 0.505 bits per heavy atom. The van der Waals surface area contributed by atoms with Crippen molar-refractivity contribution in [3.8, 4) is 0 Å². The molecule has 0 heterocycles. The Morgan fingerprint density at radius 1 is 0.295 bits per heavy atom. The molecule has 0 saturated heterocycles. The van der Waals surface area contributed by atoms with Crippen LogP contribution in [0.3, 0.4) is 0 Å². The van der Waals surface area contributed by atoms with E-state index in [1.54, 1.807) is 0 Å². The summed E-state index contributed by atoms with van der Waals surface area (Å²) >= 11 is 0. The third kappa shape index (κ3) is 69.0. The third-order valence-corrected chi connectivity index (χ3v) is 20.0. The van der Waals surface area contributed by atoms with E-state index in [0.29, 0.717) is 25.7 Å². The van der Waals surface area contributed by atoms with Crippen LogP contribution >= 0.6 is 15.6 Å². The van der Waals surface area contributed by atoms with Crippen molar-refractivity contribution < 1.29 is 80.2 Å². The van der Waals surface area contributed by atoms with Gasteiger partial charge in [0, 0.05) is 25.7 Å². The summed E-state index contributed by atoms with van der Waals surface area (Å²) in [4.78, 5) is 72.5. The number of carbonyl (C=O) groups is 4. The van der Waals surface area contributed by atoms with E-state index in [4.69, 9.17) is 37.0 Å². The summed E-state index contributed by atoms with van der Waals surface area (Å²) in [6.45, 7) is 7.23. The maximum absolute atomic E-state index is 13.1. The van der Waals surface area contributed by atoms with Gasteiger partial charge in [-0.25, -0.2) is 9.13 Å². The Labute approximate surface area is 581 Å². The maximum Gasteiger partial charge on any atom is 0.472 e. The van der Waals surface area contributed by atoms with Gasteiger partial charge in [-0.15, -0.1) is 0 Å². The van der Waals surface area contributed by atoms with E-state index in [1.165, 1.54) is 218 Å². The van der Waals surface area contributed by atoms with Gasteiger partial charge in [0.15, 0.2) is 12.2 Å². The second kappa shape index (κ2) is 69.2. The number of aliphatic hydroxyl groups is 1. The number of carbonyl (C=O) groups excluding carboxylic acids is 4. The number of phosphoric acid groups is 2. The molecule has 19 heteroatoms. The van der Waals surface area contributed by atoms with Crippen LogP contribution in [0.1, 0.15) is 401 Å². The van der Waals surface area contributed by atoms with Crippen molar-refractivity contribution in [3.05, 3.63) is 0 Å². The minimum atomic E-state index is -4.95. The van der Waals surface area contributed by atoms with E-state index >= 15 is 0 Å². The van der Waals surface area contributed by atoms with Gasteiger partial charge in [-0.05, 0) is 31.6 Å². The molecule has 0 fully saturated rings. The second-order valence-corrected chi connectivity index (χ2v) is 30.5. The Morgan fingerprint density at radius 3 is 0.747 bits per heavy atom. The molecule has 0 spiro atoms. The van der Waals surface area contributed by atoms with Gasteiger partial charge in [0.2, 0.25) is 0 Å². The summed E-state index contributed by atoms with van der Waals surface area (Å²) in [5.41, 5.74) is 0. The van der Waals surface area contributed by atoms with Crippen LogP contribution in [0.4, 0.5) is 0 Å². The second-order valence-electron chi connectivity index (χ2n) is 27.6. The average Bonchev–Trinajstić information content (AvgIpc) is 2.43. The van der Waals surface area contributed by atoms with Gasteiger partial charge >= 0.3 is 39.5 Å². The molecular weight excluding hydrogens is 1250 g/mol. The minimum absolute atomic E-state index is 0.106. The van der Waals surface area contributed by atoms with Gasteiger partial charge in [-0.1, -0.05) is 349 Å². The molecule has 17 nitrogen and oxygen atoms in total. The lowest BCUT2D eigenvalue weighted by Gasteiger charge is -2.21. The van der Waals surface area contributed by atoms with E-state index in [1.807, 2.05) is 0 Å². The predicted octanol–water partition coefficient (Wildman–Crippen LogP) is 22.5. The quantitative estimate of drug-likeness (QED) is 0.0222. The first-order valence-electron chi connectivity index (χ1n) is 39.7. The van der Waals surface area contributed by atoms with Crippen molar-refractivity contribution in [2.75, 3.05) is 39.6 Å².